The van der Waals surface area contributed by atoms with Crippen molar-refractivity contribution in [2.45, 2.75) is 96.2 Å². The molecule has 0 aromatic carbocycles. The van der Waals surface area contributed by atoms with Crippen molar-refractivity contribution >= 4 is 5.97 Å². The molecule has 1 heterocycles. The summed E-state index contributed by atoms with van der Waals surface area (Å²) in [6, 6.07) is 0. The normalized spacial score (nSPS) is 20.9. The molecule has 0 saturated carbocycles. The quantitative estimate of drug-likeness (QED) is 0.281. The van der Waals surface area contributed by atoms with E-state index in [-0.39, 0.29) is 5.97 Å². The van der Waals surface area contributed by atoms with Crippen molar-refractivity contribution in [1.29, 1.82) is 0 Å². The number of esters is 1. The second-order valence-electron chi connectivity index (χ2n) is 5.94. The Morgan fingerprint density at radius 2 is 1.45 bits per heavy atom. The van der Waals surface area contributed by atoms with E-state index >= 15 is 0 Å². The molecule has 1 rings (SSSR count). The van der Waals surface area contributed by atoms with Crippen LogP contribution in [0.1, 0.15) is 84.0 Å². The maximum Gasteiger partial charge on any atom is 0.305 e. The Balaban J connectivity index is 1.80. The van der Waals surface area contributed by atoms with Crippen LogP contribution in [0, 0.1) is 0 Å². The predicted molar refractivity (Wildman–Crippen MR) is 81.8 cm³/mol. The molecule has 118 valence electrons. The fourth-order valence-electron chi connectivity index (χ4n) is 2.71. The summed E-state index contributed by atoms with van der Waals surface area (Å²) in [6.45, 7) is 2.26. The molecular weight excluding hydrogens is 252 g/mol. The minimum Gasteiger partial charge on any atom is -0.469 e. The van der Waals surface area contributed by atoms with Crippen LogP contribution in [0.2, 0.25) is 0 Å². The lowest BCUT2D eigenvalue weighted by atomic mass is 10.0. The second-order valence-corrected chi connectivity index (χ2v) is 5.94. The number of rotatable bonds is 13. The number of methoxy groups -OCH3 is 1. The highest BCUT2D eigenvalue weighted by molar-refractivity contribution is 5.68. The molecule has 3 heteroatoms. The highest BCUT2D eigenvalue weighted by Gasteiger charge is 2.36. The zero-order valence-corrected chi connectivity index (χ0v) is 13.4. The minimum absolute atomic E-state index is 0.0846. The van der Waals surface area contributed by atoms with Crippen molar-refractivity contribution in [3.63, 3.8) is 0 Å². The van der Waals surface area contributed by atoms with Crippen LogP contribution in [0.3, 0.4) is 0 Å². The molecule has 0 unspecified atom stereocenters. The molecule has 3 nitrogen and oxygen atoms in total. The first-order valence-corrected chi connectivity index (χ1v) is 8.50. The topological polar surface area (TPSA) is 38.8 Å². The van der Waals surface area contributed by atoms with Gasteiger partial charge in [-0.25, -0.2) is 0 Å². The number of ether oxygens (including phenoxy) is 2. The lowest BCUT2D eigenvalue weighted by Crippen LogP contribution is -1.99. The Hall–Kier alpha value is -0.570. The molecule has 2 atom stereocenters. The van der Waals surface area contributed by atoms with Gasteiger partial charge in [-0.05, 0) is 19.3 Å². The van der Waals surface area contributed by atoms with E-state index in [0.717, 1.165) is 12.8 Å². The second kappa shape index (κ2) is 11.1. The lowest BCUT2D eigenvalue weighted by molar-refractivity contribution is -0.140. The third kappa shape index (κ3) is 8.57. The average Bonchev–Trinajstić information content (AvgIpc) is 3.20. The van der Waals surface area contributed by atoms with Gasteiger partial charge in [0.1, 0.15) is 0 Å². The van der Waals surface area contributed by atoms with Crippen molar-refractivity contribution < 1.29 is 14.3 Å². The van der Waals surface area contributed by atoms with E-state index in [0.29, 0.717) is 18.6 Å². The molecule has 0 bridgehead atoms. The zero-order valence-electron chi connectivity index (χ0n) is 13.4. The van der Waals surface area contributed by atoms with Crippen LogP contribution in [0.15, 0.2) is 0 Å². The summed E-state index contributed by atoms with van der Waals surface area (Å²) in [5.74, 6) is -0.0846. The van der Waals surface area contributed by atoms with E-state index in [2.05, 4.69) is 11.7 Å². The van der Waals surface area contributed by atoms with E-state index in [1.54, 1.807) is 0 Å². The summed E-state index contributed by atoms with van der Waals surface area (Å²) in [6.07, 6.45) is 15.4. The molecule has 1 aliphatic rings. The first kappa shape index (κ1) is 17.5. The summed E-state index contributed by atoms with van der Waals surface area (Å²) in [4.78, 5) is 10.9. The molecule has 0 amide bonds. The Bertz CT molecular complexity index is 253. The van der Waals surface area contributed by atoms with Gasteiger partial charge in [-0.15, -0.1) is 0 Å². The number of carbonyl (C=O) groups excluding carboxylic acids is 1. The minimum atomic E-state index is -0.0846. The smallest absolute Gasteiger partial charge is 0.305 e. The van der Waals surface area contributed by atoms with E-state index in [1.165, 1.54) is 64.9 Å². The number of unbranched alkanes of at least 4 members (excludes halogenated alkanes) is 7. The number of carbonyl (C=O) groups is 1. The molecule has 0 radical (unpaired) electrons. The van der Waals surface area contributed by atoms with Crippen molar-refractivity contribution in [3.8, 4) is 0 Å². The van der Waals surface area contributed by atoms with Gasteiger partial charge in [-0.2, -0.15) is 0 Å². The van der Waals surface area contributed by atoms with Gasteiger partial charge < -0.3 is 9.47 Å². The maximum absolute atomic E-state index is 10.9. The molecule has 1 saturated heterocycles. The van der Waals surface area contributed by atoms with Gasteiger partial charge in [0.15, 0.2) is 0 Å². The highest BCUT2D eigenvalue weighted by atomic mass is 16.6. The van der Waals surface area contributed by atoms with Crippen LogP contribution in [0.25, 0.3) is 0 Å². The van der Waals surface area contributed by atoms with Gasteiger partial charge in [-0.3, -0.25) is 4.79 Å². The van der Waals surface area contributed by atoms with Crippen molar-refractivity contribution in [1.82, 2.24) is 0 Å². The van der Waals surface area contributed by atoms with E-state index in [4.69, 9.17) is 4.74 Å². The van der Waals surface area contributed by atoms with Gasteiger partial charge in [0.25, 0.3) is 0 Å². The van der Waals surface area contributed by atoms with Gasteiger partial charge in [-0.1, -0.05) is 58.3 Å². The molecule has 20 heavy (non-hydrogen) atoms. The van der Waals surface area contributed by atoms with Gasteiger partial charge in [0.05, 0.1) is 19.3 Å². The summed E-state index contributed by atoms with van der Waals surface area (Å²) in [5.41, 5.74) is 0. The largest absolute Gasteiger partial charge is 0.469 e. The predicted octanol–water partition coefficient (Wildman–Crippen LogP) is 4.63. The van der Waals surface area contributed by atoms with Gasteiger partial charge >= 0.3 is 5.97 Å². The molecule has 1 aliphatic heterocycles. The molecule has 0 aromatic heterocycles. The number of epoxide rings is 1. The average molecular weight is 284 g/mol. The van der Waals surface area contributed by atoms with E-state index in [1.807, 2.05) is 0 Å². The van der Waals surface area contributed by atoms with E-state index in [9.17, 15) is 4.79 Å². The highest BCUT2D eigenvalue weighted by Crippen LogP contribution is 2.31. The van der Waals surface area contributed by atoms with Crippen LogP contribution < -0.4 is 0 Å². The summed E-state index contributed by atoms with van der Waals surface area (Å²) < 4.78 is 10.3. The number of hydrogen-bond acceptors (Lipinski definition) is 3. The first-order valence-electron chi connectivity index (χ1n) is 8.50. The van der Waals surface area contributed by atoms with Crippen LogP contribution in [0.4, 0.5) is 0 Å². The van der Waals surface area contributed by atoms with Crippen LogP contribution in [-0.2, 0) is 14.3 Å². The van der Waals surface area contributed by atoms with Crippen LogP contribution in [0.5, 0.6) is 0 Å². The van der Waals surface area contributed by atoms with Crippen molar-refractivity contribution in [2.75, 3.05) is 7.11 Å². The van der Waals surface area contributed by atoms with Gasteiger partial charge in [0.2, 0.25) is 0 Å². The lowest BCUT2D eigenvalue weighted by Gasteiger charge is -2.00. The monoisotopic (exact) mass is 284 g/mol. The van der Waals surface area contributed by atoms with Crippen LogP contribution >= 0.6 is 0 Å². The van der Waals surface area contributed by atoms with Crippen molar-refractivity contribution in [2.24, 2.45) is 0 Å². The van der Waals surface area contributed by atoms with E-state index < -0.39 is 0 Å². The molecule has 0 aliphatic carbocycles. The molecule has 0 N–H and O–H groups in total. The fourth-order valence-corrected chi connectivity index (χ4v) is 2.71. The fraction of sp³-hybridized carbons (Fsp3) is 0.941. The number of hydrogen-bond donors (Lipinski definition) is 0. The van der Waals surface area contributed by atoms with Gasteiger partial charge in [0, 0.05) is 6.42 Å². The maximum atomic E-state index is 10.9. The zero-order chi connectivity index (χ0) is 14.6. The Morgan fingerprint density at radius 1 is 0.900 bits per heavy atom. The first-order chi connectivity index (χ1) is 9.77. The summed E-state index contributed by atoms with van der Waals surface area (Å²) in [7, 11) is 1.45. The standard InChI is InChI=1S/C17H32O3/c1-3-4-5-6-9-12-15-16(20-15)13-10-7-8-11-14-17(18)19-2/h15-16H,3-14H2,1-2H3/t15-,16-/m0/s1. The van der Waals surface area contributed by atoms with Crippen LogP contribution in [-0.4, -0.2) is 25.3 Å². The third-order valence-electron chi connectivity index (χ3n) is 4.13. The Kier molecular flexibility index (Phi) is 9.73. The summed E-state index contributed by atoms with van der Waals surface area (Å²) >= 11 is 0. The molecule has 0 spiro atoms. The Morgan fingerprint density at radius 3 is 2.00 bits per heavy atom. The third-order valence-corrected chi connectivity index (χ3v) is 4.13. The summed E-state index contributed by atoms with van der Waals surface area (Å²) in [5, 5.41) is 0. The molecule has 0 aromatic rings. The molecule has 1 fully saturated rings. The SMILES string of the molecule is CCCCCCC[C@@H]1O[C@H]1CCCCCCC(=O)OC. The molecular formula is C17H32O3. The Labute approximate surface area is 124 Å². The van der Waals surface area contributed by atoms with Crippen molar-refractivity contribution in [3.05, 3.63) is 0 Å².